The van der Waals surface area contributed by atoms with Gasteiger partial charge < -0.3 is 15.1 Å². The van der Waals surface area contributed by atoms with Gasteiger partial charge in [0.15, 0.2) is 0 Å². The third-order valence-electron chi connectivity index (χ3n) is 3.97. The van der Waals surface area contributed by atoms with Crippen LogP contribution in [0.5, 0.6) is 0 Å². The van der Waals surface area contributed by atoms with E-state index in [1.54, 1.807) is 4.90 Å². The van der Waals surface area contributed by atoms with Gasteiger partial charge in [0, 0.05) is 31.2 Å². The number of nitrogens with zero attached hydrogens (tertiary/aromatic N) is 2. The van der Waals surface area contributed by atoms with Crippen LogP contribution in [0.2, 0.25) is 0 Å². The predicted octanol–water partition coefficient (Wildman–Crippen LogP) is 0.0498. The van der Waals surface area contributed by atoms with Gasteiger partial charge in [-0.2, -0.15) is 0 Å². The molecule has 0 saturated carbocycles. The van der Waals surface area contributed by atoms with Gasteiger partial charge in [0.1, 0.15) is 0 Å². The molecular weight excluding hydrogens is 292 g/mol. The van der Waals surface area contributed by atoms with Crippen molar-refractivity contribution in [3.8, 4) is 0 Å². The second-order valence-electron chi connectivity index (χ2n) is 6.54. The maximum Gasteiger partial charge on any atom is 0.317 e. The van der Waals surface area contributed by atoms with Gasteiger partial charge in [-0.25, -0.2) is 17.9 Å². The number of carbonyl (C=O) groups is 1. The van der Waals surface area contributed by atoms with E-state index in [9.17, 15) is 13.2 Å². The Morgan fingerprint density at radius 1 is 1.38 bits per heavy atom. The summed E-state index contributed by atoms with van der Waals surface area (Å²) in [7, 11) is 0.708. The minimum Gasteiger partial charge on any atom is -0.336 e. The fourth-order valence-electron chi connectivity index (χ4n) is 2.12. The number of carbonyl (C=O) groups excluding carboxylic acids is 1. The first-order chi connectivity index (χ1) is 9.51. The maximum absolute atomic E-state index is 12.2. The highest BCUT2D eigenvalue weighted by Crippen LogP contribution is 2.12. The number of likely N-dealkylation sites (N-methyl/N-ethyl adjacent to an activating group) is 1. The number of likely N-dealkylation sites (tertiary alicyclic amines) is 1. The molecule has 2 N–H and O–H groups in total. The van der Waals surface area contributed by atoms with Crippen LogP contribution < -0.4 is 10.0 Å². The number of piperidine rings is 1. The van der Waals surface area contributed by atoms with Crippen LogP contribution >= 0.6 is 0 Å². The third kappa shape index (κ3) is 6.19. The molecule has 7 nitrogen and oxygen atoms in total. The smallest absolute Gasteiger partial charge is 0.317 e. The number of rotatable bonds is 5. The highest BCUT2D eigenvalue weighted by atomic mass is 32.2. The average molecular weight is 320 g/mol. The normalized spacial score (nSPS) is 20.7. The summed E-state index contributed by atoms with van der Waals surface area (Å²) in [6.07, 6.45) is 2.71. The van der Waals surface area contributed by atoms with Gasteiger partial charge in [0.25, 0.3) is 0 Å². The van der Waals surface area contributed by atoms with Crippen molar-refractivity contribution < 1.29 is 13.2 Å². The van der Waals surface area contributed by atoms with Crippen LogP contribution in [0.15, 0.2) is 0 Å². The van der Waals surface area contributed by atoms with Gasteiger partial charge in [-0.3, -0.25) is 0 Å². The molecule has 1 aliphatic rings. The lowest BCUT2D eigenvalue weighted by atomic mass is 10.0. The van der Waals surface area contributed by atoms with Crippen LogP contribution in [0.4, 0.5) is 4.79 Å². The molecule has 1 rings (SSSR count). The molecule has 0 radical (unpaired) electrons. The summed E-state index contributed by atoms with van der Waals surface area (Å²) in [4.78, 5) is 15.9. The quantitative estimate of drug-likeness (QED) is 0.750. The third-order valence-corrected chi connectivity index (χ3v) is 4.73. The van der Waals surface area contributed by atoms with Crippen LogP contribution in [-0.2, 0) is 10.0 Å². The molecule has 0 unspecified atom stereocenters. The summed E-state index contributed by atoms with van der Waals surface area (Å²) in [5.41, 5.74) is -0.129. The standard InChI is InChI=1S/C13H28N4O3S/c1-13(2,16(3)4)10-14-12(18)17-8-6-7-11(9-17)15-21(5,19)20/h11,15H,6-10H2,1-5H3,(H,14,18)/t11-/m0/s1. The van der Waals surface area contributed by atoms with Gasteiger partial charge in [-0.15, -0.1) is 0 Å². The summed E-state index contributed by atoms with van der Waals surface area (Å²) >= 11 is 0. The van der Waals surface area contributed by atoms with E-state index >= 15 is 0 Å². The van der Waals surface area contributed by atoms with Crippen molar-refractivity contribution in [1.82, 2.24) is 19.8 Å². The molecule has 0 aromatic rings. The zero-order chi connectivity index (χ0) is 16.3. The Morgan fingerprint density at radius 2 is 2.00 bits per heavy atom. The Morgan fingerprint density at radius 3 is 2.52 bits per heavy atom. The van der Waals surface area contributed by atoms with Crippen molar-refractivity contribution >= 4 is 16.1 Å². The van der Waals surface area contributed by atoms with Crippen LogP contribution in [0.1, 0.15) is 26.7 Å². The molecule has 1 aliphatic heterocycles. The first kappa shape index (κ1) is 18.2. The molecule has 124 valence electrons. The number of amides is 2. The molecule has 0 aliphatic carbocycles. The van der Waals surface area contributed by atoms with Gasteiger partial charge in [-0.05, 0) is 40.8 Å². The maximum atomic E-state index is 12.2. The van der Waals surface area contributed by atoms with E-state index in [-0.39, 0.29) is 17.6 Å². The second kappa shape index (κ2) is 6.93. The first-order valence-electron chi connectivity index (χ1n) is 7.19. The van der Waals surface area contributed by atoms with Crippen molar-refractivity contribution in [2.24, 2.45) is 0 Å². The molecule has 2 amide bonds. The Kier molecular flexibility index (Phi) is 6.01. The van der Waals surface area contributed by atoms with Gasteiger partial charge >= 0.3 is 6.03 Å². The Balaban J connectivity index is 2.51. The molecule has 21 heavy (non-hydrogen) atoms. The molecule has 1 fully saturated rings. The fraction of sp³-hybridized carbons (Fsp3) is 0.923. The molecule has 1 heterocycles. The fourth-order valence-corrected chi connectivity index (χ4v) is 2.92. The molecule has 0 aromatic carbocycles. The van der Waals surface area contributed by atoms with Crippen molar-refractivity contribution in [2.45, 2.75) is 38.3 Å². The van der Waals surface area contributed by atoms with Crippen molar-refractivity contribution in [3.63, 3.8) is 0 Å². The largest absolute Gasteiger partial charge is 0.336 e. The zero-order valence-corrected chi connectivity index (χ0v) is 14.5. The zero-order valence-electron chi connectivity index (χ0n) is 13.6. The summed E-state index contributed by atoms with van der Waals surface area (Å²) < 4.78 is 25.1. The minimum absolute atomic E-state index is 0.129. The Labute approximate surface area is 128 Å². The summed E-state index contributed by atoms with van der Waals surface area (Å²) in [6.45, 7) is 5.73. The first-order valence-corrected chi connectivity index (χ1v) is 9.08. The van der Waals surface area contributed by atoms with Crippen LogP contribution in [0.25, 0.3) is 0 Å². The van der Waals surface area contributed by atoms with Crippen molar-refractivity contribution in [2.75, 3.05) is 40.0 Å². The summed E-state index contributed by atoms with van der Waals surface area (Å²) in [5, 5.41) is 2.93. The number of sulfonamides is 1. The number of urea groups is 1. The van der Waals surface area contributed by atoms with E-state index in [0.717, 1.165) is 19.1 Å². The minimum atomic E-state index is -3.23. The highest BCUT2D eigenvalue weighted by Gasteiger charge is 2.27. The molecule has 1 atom stereocenters. The molecular formula is C13H28N4O3S. The topological polar surface area (TPSA) is 81.8 Å². The van der Waals surface area contributed by atoms with Crippen LogP contribution in [0, 0.1) is 0 Å². The van der Waals surface area contributed by atoms with E-state index in [1.807, 2.05) is 14.1 Å². The van der Waals surface area contributed by atoms with E-state index in [0.29, 0.717) is 19.6 Å². The van der Waals surface area contributed by atoms with Crippen molar-refractivity contribution in [3.05, 3.63) is 0 Å². The van der Waals surface area contributed by atoms with E-state index in [2.05, 4.69) is 28.8 Å². The van der Waals surface area contributed by atoms with Crippen molar-refractivity contribution in [1.29, 1.82) is 0 Å². The molecule has 1 saturated heterocycles. The van der Waals surface area contributed by atoms with Crippen LogP contribution in [0.3, 0.4) is 0 Å². The predicted molar refractivity (Wildman–Crippen MR) is 83.7 cm³/mol. The van der Waals surface area contributed by atoms with Gasteiger partial charge in [0.2, 0.25) is 10.0 Å². The molecule has 0 bridgehead atoms. The van der Waals surface area contributed by atoms with Crippen LogP contribution in [-0.4, -0.2) is 75.8 Å². The Bertz CT molecular complexity index is 462. The summed E-state index contributed by atoms with van der Waals surface area (Å²) in [6, 6.07) is -0.328. The van der Waals surface area contributed by atoms with Gasteiger partial charge in [-0.1, -0.05) is 0 Å². The lowest BCUT2D eigenvalue weighted by Gasteiger charge is -2.36. The molecule has 0 spiro atoms. The SMILES string of the molecule is CN(C)C(C)(C)CNC(=O)N1CCC[C@H](NS(C)(=O)=O)C1. The van der Waals surface area contributed by atoms with Gasteiger partial charge in [0.05, 0.1) is 6.26 Å². The average Bonchev–Trinajstić information content (AvgIpc) is 2.34. The Hall–Kier alpha value is -0.860. The number of hydrogen-bond donors (Lipinski definition) is 2. The van der Waals surface area contributed by atoms with E-state index < -0.39 is 10.0 Å². The second-order valence-corrected chi connectivity index (χ2v) is 8.32. The lowest BCUT2D eigenvalue weighted by Crippen LogP contribution is -2.55. The summed E-state index contributed by atoms with van der Waals surface area (Å²) in [5.74, 6) is 0. The lowest BCUT2D eigenvalue weighted by molar-refractivity contribution is 0.159. The highest BCUT2D eigenvalue weighted by molar-refractivity contribution is 7.88. The van der Waals surface area contributed by atoms with E-state index in [4.69, 9.17) is 0 Å². The molecule has 8 heteroatoms. The number of nitrogens with one attached hydrogen (secondary N) is 2. The monoisotopic (exact) mass is 320 g/mol. The molecule has 0 aromatic heterocycles. The number of hydrogen-bond acceptors (Lipinski definition) is 4. The van der Waals surface area contributed by atoms with E-state index in [1.165, 1.54) is 0 Å².